The van der Waals surface area contributed by atoms with Crippen LogP contribution in [0.2, 0.25) is 0 Å². The topological polar surface area (TPSA) is 80.0 Å². The van der Waals surface area contributed by atoms with E-state index in [1.165, 1.54) is 11.8 Å². The van der Waals surface area contributed by atoms with Gasteiger partial charge in [0.05, 0.1) is 6.26 Å². The van der Waals surface area contributed by atoms with Gasteiger partial charge in [-0.2, -0.15) is 0 Å². The Morgan fingerprint density at radius 3 is 2.42 bits per heavy atom. The van der Waals surface area contributed by atoms with Gasteiger partial charge in [-0.15, -0.1) is 10.2 Å². The summed E-state index contributed by atoms with van der Waals surface area (Å²) in [5, 5.41) is 14.0. The van der Waals surface area contributed by atoms with E-state index in [9.17, 15) is 4.79 Å². The predicted molar refractivity (Wildman–Crippen MR) is 92.5 cm³/mol. The third-order valence-corrected chi connectivity index (χ3v) is 3.50. The fourth-order valence-electron chi connectivity index (χ4n) is 2.30. The monoisotopic (exact) mass is 322 g/mol. The Kier molecular flexibility index (Phi) is 4.56. The van der Waals surface area contributed by atoms with Gasteiger partial charge in [0.2, 0.25) is 0 Å². The minimum Gasteiger partial charge on any atom is -0.459 e. The van der Waals surface area contributed by atoms with Crippen LogP contribution >= 0.6 is 0 Å². The molecular formula is C18H18N4O2. The van der Waals surface area contributed by atoms with E-state index in [1.807, 2.05) is 18.2 Å². The molecular weight excluding hydrogens is 304 g/mol. The van der Waals surface area contributed by atoms with Crippen LogP contribution in [0.25, 0.3) is 0 Å². The van der Waals surface area contributed by atoms with Gasteiger partial charge in [0.1, 0.15) is 0 Å². The molecule has 6 heteroatoms. The Morgan fingerprint density at radius 2 is 1.75 bits per heavy atom. The van der Waals surface area contributed by atoms with Crippen molar-refractivity contribution in [1.82, 2.24) is 10.2 Å². The second kappa shape index (κ2) is 6.95. The van der Waals surface area contributed by atoms with Crippen molar-refractivity contribution in [3.05, 3.63) is 66.1 Å². The number of hydrogen-bond donors (Lipinski definition) is 2. The van der Waals surface area contributed by atoms with E-state index in [0.29, 0.717) is 17.6 Å². The van der Waals surface area contributed by atoms with Crippen LogP contribution in [0.1, 0.15) is 35.9 Å². The highest BCUT2D eigenvalue weighted by Crippen LogP contribution is 2.26. The molecule has 6 nitrogen and oxygen atoms in total. The number of carbonyl (C=O) groups excluding carboxylic acids is 1. The first-order valence-corrected chi connectivity index (χ1v) is 7.68. The van der Waals surface area contributed by atoms with Gasteiger partial charge in [-0.1, -0.05) is 32.0 Å². The number of hydrogen-bond acceptors (Lipinski definition) is 5. The van der Waals surface area contributed by atoms with Crippen LogP contribution in [0.4, 0.5) is 17.3 Å². The molecule has 0 radical (unpaired) electrons. The van der Waals surface area contributed by atoms with E-state index in [0.717, 1.165) is 5.69 Å². The van der Waals surface area contributed by atoms with Crippen LogP contribution in [-0.4, -0.2) is 16.1 Å². The molecule has 0 aliphatic rings. The van der Waals surface area contributed by atoms with E-state index in [-0.39, 0.29) is 11.7 Å². The molecule has 0 spiro atoms. The highest BCUT2D eigenvalue weighted by molar-refractivity contribution is 6.01. The second-order valence-corrected chi connectivity index (χ2v) is 5.60. The molecule has 0 saturated heterocycles. The molecule has 0 fully saturated rings. The lowest BCUT2D eigenvalue weighted by atomic mass is 10.0. The smallest absolute Gasteiger partial charge is 0.292 e. The van der Waals surface area contributed by atoms with Gasteiger partial charge in [-0.25, -0.2) is 0 Å². The van der Waals surface area contributed by atoms with E-state index in [4.69, 9.17) is 4.42 Å². The fourth-order valence-corrected chi connectivity index (χ4v) is 2.30. The molecule has 0 aliphatic carbocycles. The Labute approximate surface area is 139 Å². The minimum atomic E-state index is -0.361. The molecule has 3 rings (SSSR count). The number of benzene rings is 1. The summed E-state index contributed by atoms with van der Waals surface area (Å²) in [6.45, 7) is 4.28. The molecule has 24 heavy (non-hydrogen) atoms. The zero-order valence-electron chi connectivity index (χ0n) is 13.5. The van der Waals surface area contributed by atoms with Gasteiger partial charge in [0.25, 0.3) is 5.91 Å². The summed E-state index contributed by atoms with van der Waals surface area (Å²) < 4.78 is 5.03. The minimum absolute atomic E-state index is 0.227. The molecule has 0 aliphatic heterocycles. The first-order chi connectivity index (χ1) is 11.6. The maximum absolute atomic E-state index is 11.9. The Bertz CT molecular complexity index is 811. The SMILES string of the molecule is CC(C)c1ccccc1Nc1ccc(NC(=O)c2ccco2)nn1. The summed E-state index contributed by atoms with van der Waals surface area (Å²) in [4.78, 5) is 11.9. The van der Waals surface area contributed by atoms with Gasteiger partial charge in [-0.05, 0) is 41.8 Å². The number of furan rings is 1. The number of nitrogens with zero attached hydrogens (tertiary/aromatic N) is 2. The number of carbonyl (C=O) groups is 1. The van der Waals surface area contributed by atoms with Crippen molar-refractivity contribution in [2.75, 3.05) is 10.6 Å². The molecule has 1 amide bonds. The van der Waals surface area contributed by atoms with Gasteiger partial charge >= 0.3 is 0 Å². The van der Waals surface area contributed by atoms with Crippen molar-refractivity contribution in [3.63, 3.8) is 0 Å². The van der Waals surface area contributed by atoms with E-state index >= 15 is 0 Å². The summed E-state index contributed by atoms with van der Waals surface area (Å²) in [6, 6.07) is 14.8. The number of anilines is 3. The van der Waals surface area contributed by atoms with Gasteiger partial charge < -0.3 is 15.1 Å². The van der Waals surface area contributed by atoms with Gasteiger partial charge in [0, 0.05) is 5.69 Å². The van der Waals surface area contributed by atoms with Crippen LogP contribution in [0, 0.1) is 0 Å². The summed E-state index contributed by atoms with van der Waals surface area (Å²) >= 11 is 0. The lowest BCUT2D eigenvalue weighted by Gasteiger charge is -2.13. The first kappa shape index (κ1) is 15.7. The summed E-state index contributed by atoms with van der Waals surface area (Å²) in [7, 11) is 0. The molecule has 3 aromatic rings. The maximum atomic E-state index is 11.9. The Balaban J connectivity index is 1.70. The van der Waals surface area contributed by atoms with Gasteiger partial charge in [0.15, 0.2) is 17.4 Å². The van der Waals surface area contributed by atoms with Gasteiger partial charge in [-0.3, -0.25) is 4.79 Å². The fraction of sp³-hybridized carbons (Fsp3) is 0.167. The van der Waals surface area contributed by atoms with Crippen LogP contribution in [0.5, 0.6) is 0 Å². The zero-order valence-corrected chi connectivity index (χ0v) is 13.5. The predicted octanol–water partition coefficient (Wildman–Crippen LogP) is 4.19. The quantitative estimate of drug-likeness (QED) is 0.736. The molecule has 0 unspecified atom stereocenters. The molecule has 1 aromatic carbocycles. The summed E-state index contributed by atoms with van der Waals surface area (Å²) in [6.07, 6.45) is 1.44. The molecule has 2 aromatic heterocycles. The molecule has 0 saturated carbocycles. The number of rotatable bonds is 5. The highest BCUT2D eigenvalue weighted by atomic mass is 16.3. The van der Waals surface area contributed by atoms with Crippen LogP contribution < -0.4 is 10.6 Å². The van der Waals surface area contributed by atoms with E-state index < -0.39 is 0 Å². The first-order valence-electron chi connectivity index (χ1n) is 7.68. The molecule has 2 heterocycles. The standard InChI is InChI=1S/C18H18N4O2/c1-12(2)13-6-3-4-7-14(13)19-16-9-10-17(22-21-16)20-18(23)15-8-5-11-24-15/h3-12H,1-2H3,(H,19,21)(H,20,22,23). The average molecular weight is 322 g/mol. The van der Waals surface area contributed by atoms with Crippen molar-refractivity contribution >= 4 is 23.2 Å². The Morgan fingerprint density at radius 1 is 1.00 bits per heavy atom. The number of nitrogens with one attached hydrogen (secondary N) is 2. The van der Waals surface area contributed by atoms with E-state index in [1.54, 1.807) is 24.3 Å². The molecule has 0 bridgehead atoms. The lowest BCUT2D eigenvalue weighted by molar-refractivity contribution is 0.0996. The van der Waals surface area contributed by atoms with Crippen molar-refractivity contribution in [2.24, 2.45) is 0 Å². The largest absolute Gasteiger partial charge is 0.459 e. The summed E-state index contributed by atoms with van der Waals surface area (Å²) in [5.74, 6) is 1.23. The highest BCUT2D eigenvalue weighted by Gasteiger charge is 2.10. The molecule has 0 atom stereocenters. The maximum Gasteiger partial charge on any atom is 0.292 e. The summed E-state index contributed by atoms with van der Waals surface area (Å²) in [5.41, 5.74) is 2.20. The lowest BCUT2D eigenvalue weighted by Crippen LogP contribution is -2.12. The zero-order chi connectivity index (χ0) is 16.9. The van der Waals surface area contributed by atoms with Crippen LogP contribution in [0.3, 0.4) is 0 Å². The molecule has 2 N–H and O–H groups in total. The van der Waals surface area contributed by atoms with Crippen molar-refractivity contribution in [3.8, 4) is 0 Å². The van der Waals surface area contributed by atoms with Crippen LogP contribution in [0.15, 0.2) is 59.2 Å². The third kappa shape index (κ3) is 3.60. The Hall–Kier alpha value is -3.15. The number of amides is 1. The van der Waals surface area contributed by atoms with Crippen molar-refractivity contribution in [2.45, 2.75) is 19.8 Å². The second-order valence-electron chi connectivity index (χ2n) is 5.60. The number of aromatic nitrogens is 2. The average Bonchev–Trinajstić information content (AvgIpc) is 3.11. The third-order valence-electron chi connectivity index (χ3n) is 3.50. The van der Waals surface area contributed by atoms with E-state index in [2.05, 4.69) is 40.7 Å². The normalized spacial score (nSPS) is 10.6. The molecule has 122 valence electrons. The number of para-hydroxylation sites is 1. The van der Waals surface area contributed by atoms with Crippen molar-refractivity contribution < 1.29 is 9.21 Å². The van der Waals surface area contributed by atoms with Crippen LogP contribution in [-0.2, 0) is 0 Å². The van der Waals surface area contributed by atoms with Crippen molar-refractivity contribution in [1.29, 1.82) is 0 Å².